The van der Waals surface area contributed by atoms with E-state index in [0.717, 1.165) is 5.56 Å². The maximum Gasteiger partial charge on any atom is 0.113 e. The summed E-state index contributed by atoms with van der Waals surface area (Å²) in [5.41, 5.74) is 1.13. The monoisotopic (exact) mass is 182 g/mol. The molecule has 0 saturated heterocycles. The Morgan fingerprint density at radius 3 is 2.58 bits per heavy atom. The largest absolute Gasteiger partial charge is 0.493 e. The minimum atomic E-state index is 0.354. The first-order chi connectivity index (χ1) is 5.83. The summed E-state index contributed by atoms with van der Waals surface area (Å²) in [5.74, 6) is 0.966. The van der Waals surface area contributed by atoms with E-state index in [1.807, 2.05) is 30.3 Å². The van der Waals surface area contributed by atoms with Crippen LogP contribution in [0.1, 0.15) is 5.56 Å². The van der Waals surface area contributed by atoms with Crippen molar-refractivity contribution in [3.8, 4) is 0 Å². The van der Waals surface area contributed by atoms with Gasteiger partial charge in [-0.05, 0) is 5.56 Å². The molecule has 0 radical (unpaired) electrons. The molecule has 2 heteroatoms. The Morgan fingerprint density at radius 2 is 2.00 bits per heavy atom. The van der Waals surface area contributed by atoms with Gasteiger partial charge < -0.3 is 4.74 Å². The molecule has 0 fully saturated rings. The van der Waals surface area contributed by atoms with Gasteiger partial charge in [0.2, 0.25) is 0 Å². The summed E-state index contributed by atoms with van der Waals surface area (Å²) in [6.45, 7) is 4.18. The lowest BCUT2D eigenvalue weighted by molar-refractivity contribution is 0.203. The second kappa shape index (κ2) is 4.83. The molecule has 0 bridgehead atoms. The normalized spacial score (nSPS) is 9.42. The van der Waals surface area contributed by atoms with Crippen molar-refractivity contribution in [1.82, 2.24) is 0 Å². The molecule has 0 N–H and O–H groups in total. The third kappa shape index (κ3) is 2.97. The topological polar surface area (TPSA) is 9.23 Å². The van der Waals surface area contributed by atoms with E-state index in [-0.39, 0.29) is 0 Å². The van der Waals surface area contributed by atoms with Gasteiger partial charge in [-0.2, -0.15) is 0 Å². The number of rotatable bonds is 4. The molecule has 0 saturated carbocycles. The SMILES string of the molecule is C=C(CCl)OCc1ccccc1. The average Bonchev–Trinajstić information content (AvgIpc) is 2.16. The van der Waals surface area contributed by atoms with Gasteiger partial charge >= 0.3 is 0 Å². The van der Waals surface area contributed by atoms with Crippen molar-refractivity contribution in [3.05, 3.63) is 48.2 Å². The van der Waals surface area contributed by atoms with Crippen molar-refractivity contribution < 1.29 is 4.74 Å². The summed E-state index contributed by atoms with van der Waals surface area (Å²) in [4.78, 5) is 0. The summed E-state index contributed by atoms with van der Waals surface area (Å²) >= 11 is 5.49. The summed E-state index contributed by atoms with van der Waals surface area (Å²) in [6.07, 6.45) is 0. The fourth-order valence-corrected chi connectivity index (χ4v) is 0.875. The number of allylic oxidation sites excluding steroid dienone is 1. The van der Waals surface area contributed by atoms with Crippen LogP contribution in [-0.2, 0) is 11.3 Å². The Morgan fingerprint density at radius 1 is 1.33 bits per heavy atom. The number of hydrogen-bond acceptors (Lipinski definition) is 1. The van der Waals surface area contributed by atoms with E-state index in [9.17, 15) is 0 Å². The van der Waals surface area contributed by atoms with Crippen LogP contribution < -0.4 is 0 Å². The van der Waals surface area contributed by atoms with Crippen LogP contribution in [0.5, 0.6) is 0 Å². The van der Waals surface area contributed by atoms with Crippen LogP contribution in [0.15, 0.2) is 42.7 Å². The molecule has 64 valence electrons. The van der Waals surface area contributed by atoms with E-state index in [2.05, 4.69) is 6.58 Å². The number of benzene rings is 1. The van der Waals surface area contributed by atoms with Crippen molar-refractivity contribution in [3.63, 3.8) is 0 Å². The maximum absolute atomic E-state index is 5.49. The van der Waals surface area contributed by atoms with E-state index in [4.69, 9.17) is 16.3 Å². The number of alkyl halides is 1. The molecule has 0 unspecified atom stereocenters. The molecule has 1 aromatic carbocycles. The van der Waals surface area contributed by atoms with Gasteiger partial charge in [-0.3, -0.25) is 0 Å². The lowest BCUT2D eigenvalue weighted by atomic mass is 10.2. The summed E-state index contributed by atoms with van der Waals surface area (Å²) in [6, 6.07) is 9.92. The fourth-order valence-electron chi connectivity index (χ4n) is 0.798. The van der Waals surface area contributed by atoms with Gasteiger partial charge in [0.1, 0.15) is 12.4 Å². The fraction of sp³-hybridized carbons (Fsp3) is 0.200. The van der Waals surface area contributed by atoms with E-state index in [1.165, 1.54) is 0 Å². The maximum atomic E-state index is 5.49. The first-order valence-corrected chi connectivity index (χ1v) is 4.27. The quantitative estimate of drug-likeness (QED) is 0.514. The Balaban J connectivity index is 2.38. The third-order valence-electron chi connectivity index (χ3n) is 1.43. The van der Waals surface area contributed by atoms with Crippen LogP contribution >= 0.6 is 11.6 Å². The minimum absolute atomic E-state index is 0.354. The molecule has 1 nitrogen and oxygen atoms in total. The Kier molecular flexibility index (Phi) is 3.68. The average molecular weight is 183 g/mol. The number of hydrogen-bond donors (Lipinski definition) is 0. The molecule has 12 heavy (non-hydrogen) atoms. The Hall–Kier alpha value is -0.950. The smallest absolute Gasteiger partial charge is 0.113 e. The molecular weight excluding hydrogens is 172 g/mol. The van der Waals surface area contributed by atoms with Gasteiger partial charge in [0.15, 0.2) is 0 Å². The highest BCUT2D eigenvalue weighted by molar-refractivity contribution is 6.19. The molecule has 0 aromatic heterocycles. The molecule has 0 atom stereocenters. The minimum Gasteiger partial charge on any atom is -0.493 e. The van der Waals surface area contributed by atoms with E-state index in [0.29, 0.717) is 18.2 Å². The first kappa shape index (κ1) is 9.14. The predicted octanol–water partition coefficient (Wildman–Crippen LogP) is 2.96. The molecule has 0 aliphatic rings. The Bertz CT molecular complexity index is 243. The van der Waals surface area contributed by atoms with Crippen molar-refractivity contribution in [2.45, 2.75) is 6.61 Å². The summed E-state index contributed by atoms with van der Waals surface area (Å²) in [5, 5.41) is 0. The highest BCUT2D eigenvalue weighted by Crippen LogP contribution is 2.04. The van der Waals surface area contributed by atoms with Crippen LogP contribution in [-0.4, -0.2) is 5.88 Å². The first-order valence-electron chi connectivity index (χ1n) is 3.73. The Labute approximate surface area is 77.6 Å². The highest BCUT2D eigenvalue weighted by Gasteiger charge is 1.93. The number of halogens is 1. The molecule has 0 amide bonds. The van der Waals surface area contributed by atoms with Gasteiger partial charge in [-0.1, -0.05) is 36.9 Å². The highest BCUT2D eigenvalue weighted by atomic mass is 35.5. The van der Waals surface area contributed by atoms with Gasteiger partial charge in [-0.25, -0.2) is 0 Å². The van der Waals surface area contributed by atoms with Crippen LogP contribution in [0.3, 0.4) is 0 Å². The standard InChI is InChI=1S/C10H11ClO/c1-9(7-11)12-8-10-5-3-2-4-6-10/h2-6H,1,7-8H2. The van der Waals surface area contributed by atoms with Crippen LogP contribution in [0.2, 0.25) is 0 Å². The van der Waals surface area contributed by atoms with E-state index in [1.54, 1.807) is 0 Å². The molecule has 0 aliphatic carbocycles. The lowest BCUT2D eigenvalue weighted by Crippen LogP contribution is -1.92. The van der Waals surface area contributed by atoms with Crippen molar-refractivity contribution >= 4 is 11.6 Å². The van der Waals surface area contributed by atoms with Crippen molar-refractivity contribution in [2.75, 3.05) is 5.88 Å². The predicted molar refractivity (Wildman–Crippen MR) is 51.1 cm³/mol. The van der Waals surface area contributed by atoms with Crippen LogP contribution in [0, 0.1) is 0 Å². The molecule has 0 spiro atoms. The second-order valence-electron chi connectivity index (χ2n) is 2.45. The molecule has 1 aromatic rings. The van der Waals surface area contributed by atoms with Crippen LogP contribution in [0.25, 0.3) is 0 Å². The van der Waals surface area contributed by atoms with Gasteiger partial charge in [0, 0.05) is 0 Å². The lowest BCUT2D eigenvalue weighted by Gasteiger charge is -2.05. The summed E-state index contributed by atoms with van der Waals surface area (Å²) in [7, 11) is 0. The zero-order chi connectivity index (χ0) is 8.81. The number of ether oxygens (including phenoxy) is 1. The second-order valence-corrected chi connectivity index (χ2v) is 2.71. The van der Waals surface area contributed by atoms with Gasteiger partial charge in [0.05, 0.1) is 5.88 Å². The summed E-state index contributed by atoms with van der Waals surface area (Å²) < 4.78 is 5.25. The van der Waals surface area contributed by atoms with Crippen molar-refractivity contribution in [2.24, 2.45) is 0 Å². The molecule has 0 aliphatic heterocycles. The van der Waals surface area contributed by atoms with Gasteiger partial charge in [-0.15, -0.1) is 11.6 Å². The molecule has 0 heterocycles. The third-order valence-corrected chi connectivity index (χ3v) is 1.73. The van der Waals surface area contributed by atoms with E-state index >= 15 is 0 Å². The zero-order valence-corrected chi connectivity index (χ0v) is 7.55. The van der Waals surface area contributed by atoms with Gasteiger partial charge in [0.25, 0.3) is 0 Å². The zero-order valence-electron chi connectivity index (χ0n) is 6.79. The molecular formula is C10H11ClO. The van der Waals surface area contributed by atoms with Crippen LogP contribution in [0.4, 0.5) is 0 Å². The molecule has 1 rings (SSSR count). The van der Waals surface area contributed by atoms with Crippen molar-refractivity contribution in [1.29, 1.82) is 0 Å². The van der Waals surface area contributed by atoms with E-state index < -0.39 is 0 Å².